The first-order valence-electron chi connectivity index (χ1n) is 8.36. The van der Waals surface area contributed by atoms with Crippen molar-refractivity contribution in [1.29, 1.82) is 0 Å². The van der Waals surface area contributed by atoms with Gasteiger partial charge in [0.2, 0.25) is 0 Å². The van der Waals surface area contributed by atoms with Crippen LogP contribution in [0.3, 0.4) is 0 Å². The predicted molar refractivity (Wildman–Crippen MR) is 123 cm³/mol. The molecule has 1 aliphatic heterocycles. The standard InChI is InChI=1S/C21H9Br4NO2/c22-16-14-15(17(23)19(25)18(16)24)21(28)26(20(14)27)11-5-6-13-10(8-11)7-9-3-1-2-4-12(9)13/h1-6,8H,7H2. The molecule has 2 aliphatic rings. The first-order chi connectivity index (χ1) is 13.4. The zero-order valence-corrected chi connectivity index (χ0v) is 20.4. The molecule has 7 heteroatoms. The molecule has 0 atom stereocenters. The summed E-state index contributed by atoms with van der Waals surface area (Å²) in [6.45, 7) is 0. The Bertz CT molecular complexity index is 1190. The van der Waals surface area contributed by atoms with Gasteiger partial charge in [-0.05, 0) is 105 Å². The first kappa shape index (κ1) is 18.7. The highest BCUT2D eigenvalue weighted by atomic mass is 79.9. The Hall–Kier alpha value is -1.28. The summed E-state index contributed by atoms with van der Waals surface area (Å²) in [5.41, 5.74) is 6.05. The third-order valence-electron chi connectivity index (χ3n) is 5.14. The third kappa shape index (κ3) is 2.49. The summed E-state index contributed by atoms with van der Waals surface area (Å²) in [5, 5.41) is 0. The van der Waals surface area contributed by atoms with Gasteiger partial charge >= 0.3 is 0 Å². The molecule has 3 nitrogen and oxygen atoms in total. The van der Waals surface area contributed by atoms with Gasteiger partial charge in [-0.1, -0.05) is 30.3 Å². The summed E-state index contributed by atoms with van der Waals surface area (Å²) >= 11 is 13.8. The zero-order chi connectivity index (χ0) is 19.7. The molecule has 3 aromatic carbocycles. The Kier molecular flexibility index (Phi) is 4.43. The molecule has 28 heavy (non-hydrogen) atoms. The van der Waals surface area contributed by atoms with E-state index >= 15 is 0 Å². The highest BCUT2D eigenvalue weighted by Crippen LogP contribution is 2.47. The van der Waals surface area contributed by atoms with Crippen molar-refractivity contribution in [2.45, 2.75) is 6.42 Å². The molecule has 0 saturated carbocycles. The van der Waals surface area contributed by atoms with Crippen molar-refractivity contribution in [2.75, 3.05) is 4.90 Å². The minimum absolute atomic E-state index is 0.337. The second kappa shape index (κ2) is 6.62. The summed E-state index contributed by atoms with van der Waals surface area (Å²) in [7, 11) is 0. The van der Waals surface area contributed by atoms with Crippen LogP contribution in [-0.2, 0) is 6.42 Å². The first-order valence-corrected chi connectivity index (χ1v) is 11.5. The smallest absolute Gasteiger partial charge is 0.267 e. The van der Waals surface area contributed by atoms with Crippen LogP contribution in [0.4, 0.5) is 5.69 Å². The molecule has 1 heterocycles. The van der Waals surface area contributed by atoms with Gasteiger partial charge in [-0.2, -0.15) is 0 Å². The lowest BCUT2D eigenvalue weighted by Crippen LogP contribution is -2.29. The van der Waals surface area contributed by atoms with Crippen LogP contribution >= 0.6 is 63.7 Å². The zero-order valence-electron chi connectivity index (χ0n) is 14.0. The fourth-order valence-corrected chi connectivity index (χ4v) is 6.31. The van der Waals surface area contributed by atoms with E-state index in [1.165, 1.54) is 16.0 Å². The number of nitrogens with zero attached hydrogens (tertiary/aromatic N) is 1. The average molecular weight is 627 g/mol. The molecule has 0 radical (unpaired) electrons. The summed E-state index contributed by atoms with van der Waals surface area (Å²) in [6, 6.07) is 14.1. The van der Waals surface area contributed by atoms with Crippen molar-refractivity contribution in [3.8, 4) is 11.1 Å². The molecule has 0 bridgehead atoms. The van der Waals surface area contributed by atoms with Crippen LogP contribution in [0.5, 0.6) is 0 Å². The number of rotatable bonds is 1. The lowest BCUT2D eigenvalue weighted by Gasteiger charge is -2.15. The van der Waals surface area contributed by atoms with Crippen LogP contribution in [-0.4, -0.2) is 11.8 Å². The Morgan fingerprint density at radius 3 is 1.89 bits per heavy atom. The van der Waals surface area contributed by atoms with Crippen molar-refractivity contribution in [3.63, 3.8) is 0 Å². The van der Waals surface area contributed by atoms with Crippen LogP contribution in [0.25, 0.3) is 11.1 Å². The molecule has 138 valence electrons. The van der Waals surface area contributed by atoms with E-state index in [0.717, 1.165) is 17.5 Å². The van der Waals surface area contributed by atoms with Gasteiger partial charge < -0.3 is 0 Å². The molecule has 0 aromatic heterocycles. The van der Waals surface area contributed by atoms with E-state index in [1.54, 1.807) is 0 Å². The number of fused-ring (bicyclic) bond motifs is 4. The summed E-state index contributed by atoms with van der Waals surface area (Å²) < 4.78 is 2.50. The molecule has 0 fully saturated rings. The molecule has 0 spiro atoms. The maximum atomic E-state index is 13.2. The summed E-state index contributed by atoms with van der Waals surface area (Å²) in [4.78, 5) is 27.6. The monoisotopic (exact) mass is 623 g/mol. The molecule has 2 amide bonds. The molecule has 1 aliphatic carbocycles. The third-order valence-corrected chi connectivity index (χ3v) is 9.90. The van der Waals surface area contributed by atoms with Gasteiger partial charge in [-0.25, -0.2) is 4.90 Å². The van der Waals surface area contributed by atoms with E-state index in [1.807, 2.05) is 30.3 Å². The van der Waals surface area contributed by atoms with Crippen molar-refractivity contribution >= 4 is 81.2 Å². The van der Waals surface area contributed by atoms with Crippen molar-refractivity contribution in [2.24, 2.45) is 0 Å². The minimum Gasteiger partial charge on any atom is -0.268 e. The number of hydrogen-bond donors (Lipinski definition) is 0. The van der Waals surface area contributed by atoms with E-state index in [2.05, 4.69) is 75.9 Å². The maximum Gasteiger partial charge on any atom is 0.267 e. The number of imide groups is 1. The number of carbonyl (C=O) groups excluding carboxylic acids is 2. The highest BCUT2D eigenvalue weighted by molar-refractivity contribution is 9.15. The van der Waals surface area contributed by atoms with Crippen LogP contribution in [0.2, 0.25) is 0 Å². The molecule has 0 unspecified atom stereocenters. The van der Waals surface area contributed by atoms with Gasteiger partial charge in [0.05, 0.1) is 16.8 Å². The SMILES string of the molecule is O=C1c2c(Br)c(Br)c(Br)c(Br)c2C(=O)N1c1ccc2c(c1)Cc1ccccc1-2. The van der Waals surface area contributed by atoms with Crippen LogP contribution in [0, 0.1) is 0 Å². The van der Waals surface area contributed by atoms with Gasteiger partial charge in [-0.15, -0.1) is 0 Å². The van der Waals surface area contributed by atoms with Crippen molar-refractivity contribution < 1.29 is 9.59 Å². The Morgan fingerprint density at radius 2 is 1.25 bits per heavy atom. The van der Waals surface area contributed by atoms with Gasteiger partial charge in [0.25, 0.3) is 11.8 Å². The van der Waals surface area contributed by atoms with Crippen LogP contribution < -0.4 is 4.90 Å². The number of halogens is 4. The van der Waals surface area contributed by atoms with E-state index in [0.29, 0.717) is 34.7 Å². The second-order valence-corrected chi connectivity index (χ2v) is 9.80. The molecule has 3 aromatic rings. The number of hydrogen-bond acceptors (Lipinski definition) is 2. The minimum atomic E-state index is -0.337. The predicted octanol–water partition coefficient (Wildman–Crippen LogP) is 7.11. The van der Waals surface area contributed by atoms with E-state index in [-0.39, 0.29) is 11.8 Å². The largest absolute Gasteiger partial charge is 0.268 e. The van der Waals surface area contributed by atoms with E-state index in [9.17, 15) is 9.59 Å². The highest BCUT2D eigenvalue weighted by Gasteiger charge is 2.42. The van der Waals surface area contributed by atoms with Crippen LogP contribution in [0.1, 0.15) is 31.8 Å². The van der Waals surface area contributed by atoms with Gasteiger partial charge in [-0.3, -0.25) is 9.59 Å². The van der Waals surface area contributed by atoms with Crippen molar-refractivity contribution in [3.05, 3.63) is 82.6 Å². The molecular weight excluding hydrogens is 618 g/mol. The van der Waals surface area contributed by atoms with Crippen molar-refractivity contribution in [1.82, 2.24) is 0 Å². The van der Waals surface area contributed by atoms with Gasteiger partial charge in [0, 0.05) is 17.9 Å². The number of amides is 2. The Labute approximate surface area is 194 Å². The summed E-state index contributed by atoms with van der Waals surface area (Å²) in [6.07, 6.45) is 0.799. The van der Waals surface area contributed by atoms with Gasteiger partial charge in [0.15, 0.2) is 0 Å². The normalized spacial score (nSPS) is 14.4. The fourth-order valence-electron chi connectivity index (χ4n) is 3.85. The summed E-state index contributed by atoms with van der Waals surface area (Å²) in [5.74, 6) is -0.674. The van der Waals surface area contributed by atoms with E-state index < -0.39 is 0 Å². The topological polar surface area (TPSA) is 37.4 Å². The molecule has 0 saturated heterocycles. The molecular formula is C21H9Br4NO2. The van der Waals surface area contributed by atoms with E-state index in [4.69, 9.17) is 0 Å². The molecule has 5 rings (SSSR count). The number of benzene rings is 3. The Balaban J connectivity index is 1.63. The van der Waals surface area contributed by atoms with Gasteiger partial charge in [0.1, 0.15) is 0 Å². The average Bonchev–Trinajstić information content (AvgIpc) is 3.18. The number of anilines is 1. The molecule has 0 N–H and O–H groups in total. The lowest BCUT2D eigenvalue weighted by molar-refractivity contribution is 0.0925. The fraction of sp³-hybridized carbons (Fsp3) is 0.0476. The Morgan fingerprint density at radius 1 is 0.679 bits per heavy atom. The maximum absolute atomic E-state index is 13.2. The number of carbonyl (C=O) groups is 2. The lowest BCUT2D eigenvalue weighted by atomic mass is 10.1. The quantitative estimate of drug-likeness (QED) is 0.128. The second-order valence-electron chi connectivity index (χ2n) is 6.63. The van der Waals surface area contributed by atoms with Crippen LogP contribution in [0.15, 0.2) is 60.4 Å².